The van der Waals surface area contributed by atoms with E-state index in [9.17, 15) is 0 Å². The quantitative estimate of drug-likeness (QED) is 0.607. The number of likely N-dealkylation sites (tertiary alicyclic amines) is 1. The van der Waals surface area contributed by atoms with Crippen LogP contribution in [0.3, 0.4) is 0 Å². The van der Waals surface area contributed by atoms with Gasteiger partial charge in [-0.25, -0.2) is 0 Å². The molecule has 0 N–H and O–H groups in total. The minimum Gasteiger partial charge on any atom is -0.319 e. The van der Waals surface area contributed by atoms with Crippen molar-refractivity contribution in [1.29, 1.82) is 0 Å². The highest BCUT2D eigenvalue weighted by Gasteiger charge is 2.39. The summed E-state index contributed by atoms with van der Waals surface area (Å²) in [4.78, 5) is 0. The van der Waals surface area contributed by atoms with Crippen molar-refractivity contribution in [2.24, 2.45) is 23.2 Å². The average Bonchev–Trinajstić information content (AvgIpc) is 2.55. The van der Waals surface area contributed by atoms with Crippen molar-refractivity contribution in [3.8, 4) is 0 Å². The van der Waals surface area contributed by atoms with Crippen LogP contribution in [0.5, 0.6) is 0 Å². The van der Waals surface area contributed by atoms with Crippen LogP contribution in [-0.4, -0.2) is 24.1 Å². The number of nitrogens with zero attached hydrogens (tertiary/aromatic N) is 1. The smallest absolute Gasteiger partial charge is 0.104 e. The van der Waals surface area contributed by atoms with Crippen molar-refractivity contribution in [2.45, 2.75) is 60.9 Å². The van der Waals surface area contributed by atoms with E-state index in [1.165, 1.54) is 49.1 Å². The van der Waals surface area contributed by atoms with E-state index in [0.717, 1.165) is 17.8 Å². The van der Waals surface area contributed by atoms with E-state index in [-0.39, 0.29) is 0 Å². The van der Waals surface area contributed by atoms with Crippen molar-refractivity contribution in [1.82, 2.24) is 0 Å². The van der Waals surface area contributed by atoms with Gasteiger partial charge < -0.3 is 4.48 Å². The molecular formula is C22H38N+. The summed E-state index contributed by atoms with van der Waals surface area (Å²) in [5.74, 6) is 2.37. The maximum Gasteiger partial charge on any atom is 0.104 e. The van der Waals surface area contributed by atoms with Crippen LogP contribution >= 0.6 is 0 Å². The predicted octanol–water partition coefficient (Wildman–Crippen LogP) is 5.75. The normalized spacial score (nSPS) is 29.3. The Balaban J connectivity index is 2.26. The van der Waals surface area contributed by atoms with Crippen LogP contribution in [0.2, 0.25) is 0 Å². The van der Waals surface area contributed by atoms with Crippen molar-refractivity contribution >= 4 is 0 Å². The third-order valence-corrected chi connectivity index (χ3v) is 6.04. The predicted molar refractivity (Wildman–Crippen MR) is 101 cm³/mol. The van der Waals surface area contributed by atoms with Crippen LogP contribution in [0.4, 0.5) is 0 Å². The van der Waals surface area contributed by atoms with Gasteiger partial charge in [0.15, 0.2) is 0 Å². The molecule has 0 bridgehead atoms. The molecule has 130 valence electrons. The van der Waals surface area contributed by atoms with Crippen LogP contribution in [0.15, 0.2) is 30.3 Å². The van der Waals surface area contributed by atoms with Gasteiger partial charge in [0, 0.05) is 23.8 Å². The van der Waals surface area contributed by atoms with Gasteiger partial charge in [-0.15, -0.1) is 0 Å². The molecule has 1 aliphatic rings. The lowest BCUT2D eigenvalue weighted by Crippen LogP contribution is -2.52. The fraction of sp³-hybridized carbons (Fsp3) is 0.727. The minimum absolute atomic E-state index is 0.497. The standard InChI is InChI=1S/C22H38N/c1-18(2)20(4)16-23(17-21-10-8-7-9-11-21)13-12-22(5,6)14-19(3)15-23/h7-11,18-20H,12-17H2,1-6H3/q+1. The molecule has 0 aromatic heterocycles. The van der Waals surface area contributed by atoms with Gasteiger partial charge in [-0.2, -0.15) is 0 Å². The third kappa shape index (κ3) is 5.35. The summed E-state index contributed by atoms with van der Waals surface area (Å²) in [7, 11) is 0. The van der Waals surface area contributed by atoms with E-state index in [2.05, 4.69) is 71.9 Å². The van der Waals surface area contributed by atoms with Crippen LogP contribution in [0.1, 0.15) is 59.9 Å². The van der Waals surface area contributed by atoms with Gasteiger partial charge in [0.2, 0.25) is 0 Å². The van der Waals surface area contributed by atoms with Crippen molar-refractivity contribution < 1.29 is 4.48 Å². The lowest BCUT2D eigenvalue weighted by molar-refractivity contribution is -0.946. The number of quaternary nitrogens is 1. The minimum atomic E-state index is 0.497. The molecule has 1 aliphatic heterocycles. The van der Waals surface area contributed by atoms with Gasteiger partial charge in [0.1, 0.15) is 6.54 Å². The zero-order valence-corrected chi connectivity index (χ0v) is 16.3. The average molecular weight is 317 g/mol. The molecule has 2 rings (SSSR count). The first kappa shape index (κ1) is 18.5. The van der Waals surface area contributed by atoms with Gasteiger partial charge in [0.05, 0.1) is 19.6 Å². The Labute approximate surface area is 144 Å². The fourth-order valence-corrected chi connectivity index (χ4v) is 4.57. The zero-order valence-electron chi connectivity index (χ0n) is 16.3. The second-order valence-corrected chi connectivity index (χ2v) is 9.52. The number of rotatable bonds is 5. The molecule has 1 nitrogen and oxygen atoms in total. The molecule has 1 aromatic carbocycles. The molecule has 0 saturated carbocycles. The monoisotopic (exact) mass is 316 g/mol. The molecule has 3 atom stereocenters. The van der Waals surface area contributed by atoms with E-state index in [0.29, 0.717) is 5.41 Å². The molecule has 23 heavy (non-hydrogen) atoms. The second-order valence-electron chi connectivity index (χ2n) is 9.52. The lowest BCUT2D eigenvalue weighted by atomic mass is 9.82. The molecule has 1 fully saturated rings. The van der Waals surface area contributed by atoms with Gasteiger partial charge in [-0.3, -0.25) is 0 Å². The fourth-order valence-electron chi connectivity index (χ4n) is 4.57. The van der Waals surface area contributed by atoms with Gasteiger partial charge in [0.25, 0.3) is 0 Å². The van der Waals surface area contributed by atoms with Crippen LogP contribution in [-0.2, 0) is 6.54 Å². The first-order valence-electron chi connectivity index (χ1n) is 9.60. The Bertz CT molecular complexity index is 476. The Kier molecular flexibility index (Phi) is 5.94. The Morgan fingerprint density at radius 1 is 1.13 bits per heavy atom. The Morgan fingerprint density at radius 3 is 2.39 bits per heavy atom. The first-order valence-corrected chi connectivity index (χ1v) is 9.60. The largest absolute Gasteiger partial charge is 0.319 e. The highest BCUT2D eigenvalue weighted by atomic mass is 15.4. The number of benzene rings is 1. The molecule has 0 aliphatic carbocycles. The zero-order chi connectivity index (χ0) is 17.1. The van der Waals surface area contributed by atoms with E-state index in [1.54, 1.807) is 0 Å². The highest BCUT2D eigenvalue weighted by Crippen LogP contribution is 2.37. The third-order valence-electron chi connectivity index (χ3n) is 6.04. The SMILES string of the molecule is CC1CC(C)(C)CC[N+](Cc2ccccc2)(CC(C)C(C)C)C1. The van der Waals surface area contributed by atoms with Crippen molar-refractivity contribution in [2.75, 3.05) is 19.6 Å². The van der Waals surface area contributed by atoms with Gasteiger partial charge in [-0.05, 0) is 17.8 Å². The van der Waals surface area contributed by atoms with Crippen LogP contribution in [0, 0.1) is 23.2 Å². The molecule has 3 unspecified atom stereocenters. The maximum absolute atomic E-state index is 2.48. The molecule has 1 heteroatoms. The van der Waals surface area contributed by atoms with Crippen molar-refractivity contribution in [3.63, 3.8) is 0 Å². The Hall–Kier alpha value is -0.820. The van der Waals surface area contributed by atoms with E-state index in [4.69, 9.17) is 0 Å². The molecule has 0 radical (unpaired) electrons. The van der Waals surface area contributed by atoms with Crippen LogP contribution in [0.25, 0.3) is 0 Å². The van der Waals surface area contributed by atoms with Gasteiger partial charge in [-0.1, -0.05) is 71.9 Å². The summed E-state index contributed by atoms with van der Waals surface area (Å²) in [5.41, 5.74) is 2.01. The number of hydrogen-bond acceptors (Lipinski definition) is 0. The molecule has 0 amide bonds. The highest BCUT2D eigenvalue weighted by molar-refractivity contribution is 5.13. The number of hydrogen-bond donors (Lipinski definition) is 0. The summed E-state index contributed by atoms with van der Waals surface area (Å²) in [6.45, 7) is 19.9. The summed E-state index contributed by atoms with van der Waals surface area (Å²) in [5, 5.41) is 0. The summed E-state index contributed by atoms with van der Waals surface area (Å²) in [6, 6.07) is 11.2. The maximum atomic E-state index is 2.48. The lowest BCUT2D eigenvalue weighted by Gasteiger charge is -2.42. The molecular weight excluding hydrogens is 278 g/mol. The topological polar surface area (TPSA) is 0 Å². The molecule has 1 saturated heterocycles. The first-order chi connectivity index (χ1) is 10.7. The molecule has 0 spiro atoms. The van der Waals surface area contributed by atoms with Crippen LogP contribution < -0.4 is 0 Å². The van der Waals surface area contributed by atoms with E-state index < -0.39 is 0 Å². The second kappa shape index (κ2) is 7.38. The van der Waals surface area contributed by atoms with Crippen molar-refractivity contribution in [3.05, 3.63) is 35.9 Å². The van der Waals surface area contributed by atoms with E-state index in [1.807, 2.05) is 0 Å². The molecule has 1 aromatic rings. The summed E-state index contributed by atoms with van der Waals surface area (Å²) >= 11 is 0. The summed E-state index contributed by atoms with van der Waals surface area (Å²) in [6.07, 6.45) is 2.73. The van der Waals surface area contributed by atoms with Gasteiger partial charge >= 0.3 is 0 Å². The summed E-state index contributed by atoms with van der Waals surface area (Å²) < 4.78 is 1.29. The molecule has 1 heterocycles. The Morgan fingerprint density at radius 2 is 1.78 bits per heavy atom. The van der Waals surface area contributed by atoms with E-state index >= 15 is 0 Å².